The smallest absolute Gasteiger partial charge is 0.309 e. The summed E-state index contributed by atoms with van der Waals surface area (Å²) in [6.07, 6.45) is 3.80. The molecule has 0 unspecified atom stereocenters. The zero-order valence-corrected chi connectivity index (χ0v) is 10.4. The van der Waals surface area contributed by atoms with Gasteiger partial charge in [-0.25, -0.2) is 4.52 Å². The first kappa shape index (κ1) is 11.0. The van der Waals surface area contributed by atoms with Crippen molar-refractivity contribution in [3.63, 3.8) is 0 Å². The Bertz CT molecular complexity index is 724. The Kier molecular flexibility index (Phi) is 2.41. The van der Waals surface area contributed by atoms with Crippen molar-refractivity contribution in [2.24, 2.45) is 7.05 Å². The van der Waals surface area contributed by atoms with Crippen LogP contribution < -0.4 is 0 Å². The fourth-order valence-electron chi connectivity index (χ4n) is 1.76. The molecule has 0 fully saturated rings. The number of nitrogens with zero attached hydrogens (tertiary/aromatic N) is 4. The van der Waals surface area contributed by atoms with Gasteiger partial charge in [0.25, 0.3) is 0 Å². The summed E-state index contributed by atoms with van der Waals surface area (Å²) in [5.74, 6) is -0.249. The number of carbonyl (C=O) groups is 1. The van der Waals surface area contributed by atoms with Crippen molar-refractivity contribution in [1.82, 2.24) is 19.2 Å². The highest BCUT2D eigenvalue weighted by atomic mass is 32.1. The van der Waals surface area contributed by atoms with E-state index in [1.807, 2.05) is 30.1 Å². The van der Waals surface area contributed by atoms with Crippen LogP contribution in [0.4, 0.5) is 0 Å². The number of carboxylic acids is 1. The van der Waals surface area contributed by atoms with Crippen LogP contribution in [0.5, 0.6) is 0 Å². The number of thiazole rings is 1. The van der Waals surface area contributed by atoms with Gasteiger partial charge in [0, 0.05) is 30.4 Å². The van der Waals surface area contributed by atoms with Crippen LogP contribution in [0.25, 0.3) is 16.3 Å². The SMILES string of the molecule is Cn1ccc(-c2nc3scc(CC(=O)O)n3n2)c1. The highest BCUT2D eigenvalue weighted by Crippen LogP contribution is 2.21. The molecule has 0 aromatic carbocycles. The van der Waals surface area contributed by atoms with Crippen LogP contribution in [-0.4, -0.2) is 30.2 Å². The third kappa shape index (κ3) is 1.78. The fourth-order valence-corrected chi connectivity index (χ4v) is 2.58. The van der Waals surface area contributed by atoms with E-state index in [0.717, 1.165) is 5.56 Å². The molecule has 7 heteroatoms. The first-order valence-corrected chi connectivity index (χ1v) is 6.19. The highest BCUT2D eigenvalue weighted by Gasteiger charge is 2.13. The number of fused-ring (bicyclic) bond motifs is 1. The monoisotopic (exact) mass is 262 g/mol. The summed E-state index contributed by atoms with van der Waals surface area (Å²) in [7, 11) is 1.93. The summed E-state index contributed by atoms with van der Waals surface area (Å²) in [5.41, 5.74) is 1.58. The Balaban J connectivity index is 2.06. The zero-order chi connectivity index (χ0) is 12.7. The molecule has 0 spiro atoms. The van der Waals surface area contributed by atoms with Crippen LogP contribution in [0.3, 0.4) is 0 Å². The Morgan fingerprint density at radius 1 is 1.56 bits per heavy atom. The van der Waals surface area contributed by atoms with E-state index in [0.29, 0.717) is 16.5 Å². The molecule has 1 N–H and O–H groups in total. The van der Waals surface area contributed by atoms with Gasteiger partial charge in [-0.15, -0.1) is 16.4 Å². The molecule has 0 amide bonds. The number of aromatic nitrogens is 4. The first-order chi connectivity index (χ1) is 8.63. The van der Waals surface area contributed by atoms with E-state index >= 15 is 0 Å². The Labute approximate surface area is 106 Å². The lowest BCUT2D eigenvalue weighted by atomic mass is 10.3. The van der Waals surface area contributed by atoms with Gasteiger partial charge in [-0.1, -0.05) is 0 Å². The average molecular weight is 262 g/mol. The van der Waals surface area contributed by atoms with Crippen LogP contribution in [0, 0.1) is 0 Å². The topological polar surface area (TPSA) is 72.4 Å². The Morgan fingerprint density at radius 3 is 3.06 bits per heavy atom. The molecule has 0 saturated heterocycles. The average Bonchev–Trinajstić information content (AvgIpc) is 2.94. The maximum Gasteiger partial charge on any atom is 0.309 e. The van der Waals surface area contributed by atoms with Gasteiger partial charge in [-0.05, 0) is 6.07 Å². The van der Waals surface area contributed by atoms with Gasteiger partial charge in [0.15, 0.2) is 5.82 Å². The normalized spacial score (nSPS) is 11.2. The Morgan fingerprint density at radius 2 is 2.39 bits per heavy atom. The largest absolute Gasteiger partial charge is 0.481 e. The minimum Gasteiger partial charge on any atom is -0.481 e. The van der Waals surface area contributed by atoms with Crippen molar-refractivity contribution in [2.45, 2.75) is 6.42 Å². The molecule has 18 heavy (non-hydrogen) atoms. The summed E-state index contributed by atoms with van der Waals surface area (Å²) in [6.45, 7) is 0. The molecule has 92 valence electrons. The first-order valence-electron chi connectivity index (χ1n) is 5.31. The van der Waals surface area contributed by atoms with E-state index in [9.17, 15) is 4.79 Å². The van der Waals surface area contributed by atoms with Gasteiger partial charge in [0.05, 0.1) is 12.1 Å². The third-order valence-electron chi connectivity index (χ3n) is 2.57. The molecule has 3 aromatic heterocycles. The van der Waals surface area contributed by atoms with Gasteiger partial charge in [-0.3, -0.25) is 4.79 Å². The molecule has 0 atom stereocenters. The van der Waals surface area contributed by atoms with E-state index in [-0.39, 0.29) is 6.42 Å². The molecular formula is C11H10N4O2S. The number of aliphatic carboxylic acids is 1. The molecule has 3 rings (SSSR count). The molecule has 0 aliphatic carbocycles. The van der Waals surface area contributed by atoms with Gasteiger partial charge in [0.2, 0.25) is 4.96 Å². The van der Waals surface area contributed by atoms with Crippen molar-refractivity contribution in [3.8, 4) is 11.4 Å². The number of rotatable bonds is 3. The summed E-state index contributed by atoms with van der Waals surface area (Å²) in [6, 6.07) is 1.93. The standard InChI is InChI=1S/C11H10N4O2S/c1-14-3-2-7(5-14)10-12-11-15(13-10)8(6-18-11)4-9(16)17/h2-3,5-6H,4H2,1H3,(H,16,17). The highest BCUT2D eigenvalue weighted by molar-refractivity contribution is 7.15. The molecular weight excluding hydrogens is 252 g/mol. The second-order valence-corrected chi connectivity index (χ2v) is 4.83. The van der Waals surface area contributed by atoms with Crippen LogP contribution in [-0.2, 0) is 18.3 Å². The summed E-state index contributed by atoms with van der Waals surface area (Å²) >= 11 is 1.40. The predicted octanol–water partition coefficient (Wildman–Crippen LogP) is 1.42. The minimum atomic E-state index is -0.869. The van der Waals surface area contributed by atoms with Crippen molar-refractivity contribution in [2.75, 3.05) is 0 Å². The van der Waals surface area contributed by atoms with Gasteiger partial charge >= 0.3 is 5.97 Å². The number of hydrogen-bond acceptors (Lipinski definition) is 4. The molecule has 0 aliphatic heterocycles. The van der Waals surface area contributed by atoms with Crippen molar-refractivity contribution >= 4 is 22.3 Å². The van der Waals surface area contributed by atoms with E-state index in [2.05, 4.69) is 10.1 Å². The summed E-state index contributed by atoms with van der Waals surface area (Å²) in [5, 5.41) is 14.9. The van der Waals surface area contributed by atoms with Crippen LogP contribution in [0.1, 0.15) is 5.69 Å². The maximum absolute atomic E-state index is 10.7. The maximum atomic E-state index is 10.7. The molecule has 3 heterocycles. The lowest BCUT2D eigenvalue weighted by Crippen LogP contribution is -2.03. The van der Waals surface area contributed by atoms with Gasteiger partial charge < -0.3 is 9.67 Å². The van der Waals surface area contributed by atoms with Crippen molar-refractivity contribution < 1.29 is 9.90 Å². The molecule has 0 aliphatic rings. The molecule has 0 saturated carbocycles. The second-order valence-electron chi connectivity index (χ2n) is 3.99. The van der Waals surface area contributed by atoms with Crippen LogP contribution in [0.2, 0.25) is 0 Å². The van der Waals surface area contributed by atoms with Crippen molar-refractivity contribution in [3.05, 3.63) is 29.5 Å². The van der Waals surface area contributed by atoms with E-state index < -0.39 is 5.97 Å². The molecule has 3 aromatic rings. The predicted molar refractivity (Wildman–Crippen MR) is 66.6 cm³/mol. The summed E-state index contributed by atoms with van der Waals surface area (Å²) < 4.78 is 3.52. The fraction of sp³-hybridized carbons (Fsp3) is 0.182. The quantitative estimate of drug-likeness (QED) is 0.775. The number of hydrogen-bond donors (Lipinski definition) is 1. The zero-order valence-electron chi connectivity index (χ0n) is 9.57. The van der Waals surface area contributed by atoms with E-state index in [1.165, 1.54) is 11.3 Å². The molecule has 0 radical (unpaired) electrons. The van der Waals surface area contributed by atoms with Gasteiger partial charge in [-0.2, -0.15) is 4.98 Å². The molecule has 0 bridgehead atoms. The Hall–Kier alpha value is -2.15. The molecule has 6 nitrogen and oxygen atoms in total. The lowest BCUT2D eigenvalue weighted by Gasteiger charge is -1.92. The van der Waals surface area contributed by atoms with E-state index in [1.54, 1.807) is 9.90 Å². The summed E-state index contributed by atoms with van der Waals surface area (Å²) in [4.78, 5) is 15.8. The van der Waals surface area contributed by atoms with Crippen LogP contribution >= 0.6 is 11.3 Å². The van der Waals surface area contributed by atoms with E-state index in [4.69, 9.17) is 5.11 Å². The minimum absolute atomic E-state index is 0.0441. The second kappa shape index (κ2) is 3.95. The van der Waals surface area contributed by atoms with Crippen LogP contribution in [0.15, 0.2) is 23.8 Å². The number of carboxylic acid groups (broad SMARTS) is 1. The van der Waals surface area contributed by atoms with Crippen molar-refractivity contribution in [1.29, 1.82) is 0 Å². The third-order valence-corrected chi connectivity index (χ3v) is 3.44. The lowest BCUT2D eigenvalue weighted by molar-refractivity contribution is -0.136. The number of aryl methyl sites for hydroxylation is 1. The van der Waals surface area contributed by atoms with Gasteiger partial charge in [0.1, 0.15) is 0 Å².